The SMILES string of the molecule is CCCCN(c1nnc(SCC(=O)O)n1C1CC1)C1CC1. The Morgan fingerprint density at radius 1 is 1.38 bits per heavy atom. The lowest BCUT2D eigenvalue weighted by atomic mass is 10.3. The van der Waals surface area contributed by atoms with Crippen molar-refractivity contribution in [3.63, 3.8) is 0 Å². The third-order valence-electron chi connectivity index (χ3n) is 3.88. The molecule has 0 aromatic carbocycles. The molecule has 0 unspecified atom stereocenters. The second kappa shape index (κ2) is 6.25. The van der Waals surface area contributed by atoms with Gasteiger partial charge in [-0.15, -0.1) is 10.2 Å². The third-order valence-corrected chi connectivity index (χ3v) is 4.81. The van der Waals surface area contributed by atoms with E-state index in [1.807, 2.05) is 0 Å². The Bertz CT molecular complexity index is 511. The first-order chi connectivity index (χ1) is 10.2. The average Bonchev–Trinajstić information content (AvgIpc) is 3.36. The largest absolute Gasteiger partial charge is 0.481 e. The molecule has 1 aromatic rings. The standard InChI is InChI=1S/C14H22N4O2S/c1-2-3-8-17(10-4-5-10)13-15-16-14(21-9-12(19)20)18(13)11-6-7-11/h10-11H,2-9H2,1H3,(H,19,20). The van der Waals surface area contributed by atoms with E-state index >= 15 is 0 Å². The Morgan fingerprint density at radius 2 is 2.14 bits per heavy atom. The van der Waals surface area contributed by atoms with Crippen molar-refractivity contribution in [3.05, 3.63) is 0 Å². The van der Waals surface area contributed by atoms with Crippen LogP contribution in [0.25, 0.3) is 0 Å². The van der Waals surface area contributed by atoms with E-state index < -0.39 is 5.97 Å². The Balaban J connectivity index is 1.81. The summed E-state index contributed by atoms with van der Waals surface area (Å²) in [7, 11) is 0. The minimum atomic E-state index is -0.808. The van der Waals surface area contributed by atoms with E-state index in [0.717, 1.165) is 36.9 Å². The maximum atomic E-state index is 10.8. The maximum Gasteiger partial charge on any atom is 0.313 e. The summed E-state index contributed by atoms with van der Waals surface area (Å²) < 4.78 is 2.18. The van der Waals surface area contributed by atoms with Gasteiger partial charge in [-0.3, -0.25) is 9.36 Å². The Kier molecular flexibility index (Phi) is 4.37. The zero-order valence-corrected chi connectivity index (χ0v) is 13.2. The second-order valence-electron chi connectivity index (χ2n) is 5.84. The molecule has 0 amide bonds. The number of carboxylic acid groups (broad SMARTS) is 1. The Labute approximate surface area is 128 Å². The number of aromatic nitrogens is 3. The Hall–Kier alpha value is -1.24. The van der Waals surface area contributed by atoms with Gasteiger partial charge in [0.05, 0.1) is 5.75 Å². The highest BCUT2D eigenvalue weighted by atomic mass is 32.2. The number of hydrogen-bond acceptors (Lipinski definition) is 5. The summed E-state index contributed by atoms with van der Waals surface area (Å²) in [5, 5.41) is 18.3. The van der Waals surface area contributed by atoms with Crippen molar-refractivity contribution >= 4 is 23.7 Å². The third kappa shape index (κ3) is 3.51. The smallest absolute Gasteiger partial charge is 0.313 e. The molecule has 21 heavy (non-hydrogen) atoms. The first kappa shape index (κ1) is 14.7. The minimum absolute atomic E-state index is 0.0449. The molecule has 7 heteroatoms. The fraction of sp³-hybridized carbons (Fsp3) is 0.786. The van der Waals surface area contributed by atoms with Crippen molar-refractivity contribution in [1.29, 1.82) is 0 Å². The molecule has 2 fully saturated rings. The first-order valence-electron chi connectivity index (χ1n) is 7.76. The molecule has 3 rings (SSSR count). The second-order valence-corrected chi connectivity index (χ2v) is 6.79. The number of rotatable bonds is 9. The zero-order chi connectivity index (χ0) is 14.8. The first-order valence-corrected chi connectivity index (χ1v) is 8.75. The van der Waals surface area contributed by atoms with Gasteiger partial charge >= 0.3 is 5.97 Å². The summed E-state index contributed by atoms with van der Waals surface area (Å²) >= 11 is 1.28. The summed E-state index contributed by atoms with van der Waals surface area (Å²) in [5.74, 6) is 0.196. The van der Waals surface area contributed by atoms with E-state index in [1.165, 1.54) is 31.0 Å². The molecule has 0 aliphatic heterocycles. The topological polar surface area (TPSA) is 71.2 Å². The summed E-state index contributed by atoms with van der Waals surface area (Å²) in [5.41, 5.74) is 0. The zero-order valence-electron chi connectivity index (χ0n) is 12.4. The molecule has 0 bridgehead atoms. The van der Waals surface area contributed by atoms with Crippen LogP contribution in [-0.4, -0.2) is 44.2 Å². The van der Waals surface area contributed by atoms with Crippen molar-refractivity contribution < 1.29 is 9.90 Å². The molecule has 2 aliphatic carbocycles. The van der Waals surface area contributed by atoms with Crippen molar-refractivity contribution in [3.8, 4) is 0 Å². The Morgan fingerprint density at radius 3 is 2.71 bits per heavy atom. The van der Waals surface area contributed by atoms with Crippen LogP contribution in [0.1, 0.15) is 51.5 Å². The van der Waals surface area contributed by atoms with Gasteiger partial charge in [-0.05, 0) is 32.1 Å². The summed E-state index contributed by atoms with van der Waals surface area (Å²) in [4.78, 5) is 13.2. The molecule has 2 saturated carbocycles. The minimum Gasteiger partial charge on any atom is -0.481 e. The van der Waals surface area contributed by atoms with Crippen LogP contribution in [0.2, 0.25) is 0 Å². The van der Waals surface area contributed by atoms with Crippen molar-refractivity contribution in [2.75, 3.05) is 17.2 Å². The molecule has 0 spiro atoms. The number of hydrogen-bond donors (Lipinski definition) is 1. The number of carboxylic acids is 1. The highest BCUT2D eigenvalue weighted by Crippen LogP contribution is 2.42. The van der Waals surface area contributed by atoms with E-state index in [0.29, 0.717) is 12.1 Å². The number of unbranched alkanes of at least 4 members (excludes halogenated alkanes) is 1. The molecule has 1 aromatic heterocycles. The molecule has 1 heterocycles. The number of anilines is 1. The van der Waals surface area contributed by atoms with Crippen LogP contribution >= 0.6 is 11.8 Å². The van der Waals surface area contributed by atoms with Crippen molar-refractivity contribution in [1.82, 2.24) is 14.8 Å². The van der Waals surface area contributed by atoms with E-state index in [2.05, 4.69) is 26.6 Å². The average molecular weight is 310 g/mol. The number of aliphatic carboxylic acids is 1. The van der Waals surface area contributed by atoms with Crippen LogP contribution in [-0.2, 0) is 4.79 Å². The van der Waals surface area contributed by atoms with Gasteiger partial charge in [0.1, 0.15) is 0 Å². The van der Waals surface area contributed by atoms with Gasteiger partial charge in [-0.1, -0.05) is 25.1 Å². The van der Waals surface area contributed by atoms with E-state index in [4.69, 9.17) is 5.11 Å². The van der Waals surface area contributed by atoms with Gasteiger partial charge in [-0.25, -0.2) is 0 Å². The number of nitrogens with zero attached hydrogens (tertiary/aromatic N) is 4. The maximum absolute atomic E-state index is 10.8. The molecule has 2 aliphatic rings. The van der Waals surface area contributed by atoms with Crippen LogP contribution in [0.5, 0.6) is 0 Å². The van der Waals surface area contributed by atoms with Gasteiger partial charge in [-0.2, -0.15) is 0 Å². The summed E-state index contributed by atoms with van der Waals surface area (Å²) in [6, 6.07) is 1.07. The highest BCUT2D eigenvalue weighted by Gasteiger charge is 2.36. The quantitative estimate of drug-likeness (QED) is 0.707. The molecule has 0 saturated heterocycles. The van der Waals surface area contributed by atoms with Crippen LogP contribution in [0.4, 0.5) is 5.95 Å². The normalized spacial score (nSPS) is 18.0. The fourth-order valence-electron chi connectivity index (χ4n) is 2.50. The lowest BCUT2D eigenvalue weighted by Gasteiger charge is -2.24. The number of carbonyl (C=O) groups is 1. The van der Waals surface area contributed by atoms with Crippen molar-refractivity contribution in [2.24, 2.45) is 0 Å². The fourth-order valence-corrected chi connectivity index (χ4v) is 3.22. The predicted octanol–water partition coefficient (Wildman–Crippen LogP) is 2.56. The highest BCUT2D eigenvalue weighted by molar-refractivity contribution is 7.99. The van der Waals surface area contributed by atoms with Gasteiger partial charge in [0.2, 0.25) is 5.95 Å². The van der Waals surface area contributed by atoms with Gasteiger partial charge in [0.25, 0.3) is 0 Å². The molecular weight excluding hydrogens is 288 g/mol. The molecule has 0 atom stereocenters. The molecule has 6 nitrogen and oxygen atoms in total. The van der Waals surface area contributed by atoms with Crippen molar-refractivity contribution in [2.45, 2.75) is 62.7 Å². The molecule has 0 radical (unpaired) electrons. The number of thioether (sulfide) groups is 1. The summed E-state index contributed by atoms with van der Waals surface area (Å²) in [6.45, 7) is 3.22. The predicted molar refractivity (Wildman–Crippen MR) is 81.9 cm³/mol. The van der Waals surface area contributed by atoms with Gasteiger partial charge < -0.3 is 10.0 Å². The van der Waals surface area contributed by atoms with E-state index in [-0.39, 0.29) is 5.75 Å². The van der Waals surface area contributed by atoms with Gasteiger partial charge in [0, 0.05) is 18.6 Å². The van der Waals surface area contributed by atoms with Crippen LogP contribution in [0.3, 0.4) is 0 Å². The summed E-state index contributed by atoms with van der Waals surface area (Å²) in [6.07, 6.45) is 7.10. The van der Waals surface area contributed by atoms with Crippen LogP contribution in [0.15, 0.2) is 5.16 Å². The van der Waals surface area contributed by atoms with Crippen LogP contribution < -0.4 is 4.90 Å². The van der Waals surface area contributed by atoms with Crippen LogP contribution in [0, 0.1) is 0 Å². The monoisotopic (exact) mass is 310 g/mol. The lowest BCUT2D eigenvalue weighted by molar-refractivity contribution is -0.133. The molecule has 1 N–H and O–H groups in total. The molecule has 116 valence electrons. The lowest BCUT2D eigenvalue weighted by Crippen LogP contribution is -2.29. The van der Waals surface area contributed by atoms with E-state index in [9.17, 15) is 4.79 Å². The van der Waals surface area contributed by atoms with E-state index in [1.54, 1.807) is 0 Å². The van der Waals surface area contributed by atoms with Gasteiger partial charge in [0.15, 0.2) is 5.16 Å². The molecular formula is C14H22N4O2S.